The molecule has 21 heavy (non-hydrogen) atoms. The second-order valence-electron chi connectivity index (χ2n) is 4.55. The number of nitro benzene ring substituents is 1. The molecule has 0 saturated heterocycles. The van der Waals surface area contributed by atoms with Crippen LogP contribution in [-0.2, 0) is 9.59 Å². The summed E-state index contributed by atoms with van der Waals surface area (Å²) in [7, 11) is 1.55. The van der Waals surface area contributed by atoms with Gasteiger partial charge >= 0.3 is 5.97 Å². The summed E-state index contributed by atoms with van der Waals surface area (Å²) in [5, 5.41) is 19.3. The lowest BCUT2D eigenvalue weighted by molar-refractivity contribution is -0.384. The number of amides is 1. The lowest BCUT2D eigenvalue weighted by Gasteiger charge is -2.19. The smallest absolute Gasteiger partial charge is 0.308 e. The monoisotopic (exact) mass is 312 g/mol. The molecule has 1 rings (SSSR count). The Balaban J connectivity index is 2.48. The molecule has 0 aliphatic heterocycles. The summed E-state index contributed by atoms with van der Waals surface area (Å²) in [6, 6.07) is 5.91. The number of benzene rings is 1. The van der Waals surface area contributed by atoms with Gasteiger partial charge in [-0.3, -0.25) is 19.7 Å². The highest BCUT2D eigenvalue weighted by molar-refractivity contribution is 8.00. The van der Waals surface area contributed by atoms with Gasteiger partial charge in [0.25, 0.3) is 5.69 Å². The standard InChI is InChI=1S/C13H16N2O5S/c1-9(13(17)18)7-14(2)12(16)8-21-11-5-3-10(4-6-11)15(19)20/h3-6,9H,7-8H2,1-2H3,(H,17,18). The van der Waals surface area contributed by atoms with E-state index in [2.05, 4.69) is 0 Å². The Morgan fingerprint density at radius 2 is 1.95 bits per heavy atom. The van der Waals surface area contributed by atoms with E-state index in [1.54, 1.807) is 19.2 Å². The van der Waals surface area contributed by atoms with E-state index < -0.39 is 16.8 Å². The first-order chi connectivity index (χ1) is 9.81. The van der Waals surface area contributed by atoms with Gasteiger partial charge in [0.1, 0.15) is 0 Å². The quantitative estimate of drug-likeness (QED) is 0.468. The van der Waals surface area contributed by atoms with Gasteiger partial charge < -0.3 is 10.0 Å². The van der Waals surface area contributed by atoms with Gasteiger partial charge in [-0.25, -0.2) is 0 Å². The van der Waals surface area contributed by atoms with Gasteiger partial charge in [-0.15, -0.1) is 11.8 Å². The van der Waals surface area contributed by atoms with Crippen LogP contribution in [0.4, 0.5) is 5.69 Å². The Labute approximate surface area is 126 Å². The van der Waals surface area contributed by atoms with Crippen molar-refractivity contribution in [3.63, 3.8) is 0 Å². The molecule has 8 heteroatoms. The second kappa shape index (κ2) is 7.63. The molecule has 1 aromatic carbocycles. The first-order valence-electron chi connectivity index (χ1n) is 6.15. The molecule has 0 saturated carbocycles. The van der Waals surface area contributed by atoms with Crippen LogP contribution in [0.15, 0.2) is 29.2 Å². The molecule has 7 nitrogen and oxygen atoms in total. The van der Waals surface area contributed by atoms with E-state index in [0.717, 1.165) is 4.90 Å². The van der Waals surface area contributed by atoms with Crippen molar-refractivity contribution in [3.8, 4) is 0 Å². The minimum absolute atomic E-state index is 0.00178. The lowest BCUT2D eigenvalue weighted by Crippen LogP contribution is -2.34. The Hall–Kier alpha value is -2.09. The number of hydrogen-bond donors (Lipinski definition) is 1. The van der Waals surface area contributed by atoms with Crippen LogP contribution in [0.25, 0.3) is 0 Å². The van der Waals surface area contributed by atoms with Crippen molar-refractivity contribution in [2.75, 3.05) is 19.3 Å². The Kier molecular flexibility index (Phi) is 6.16. The Morgan fingerprint density at radius 1 is 1.38 bits per heavy atom. The van der Waals surface area contributed by atoms with Gasteiger partial charge in [0.05, 0.1) is 16.6 Å². The van der Waals surface area contributed by atoms with Gasteiger partial charge in [-0.2, -0.15) is 0 Å². The highest BCUT2D eigenvalue weighted by atomic mass is 32.2. The molecule has 0 aromatic heterocycles. The van der Waals surface area contributed by atoms with E-state index in [4.69, 9.17) is 5.11 Å². The largest absolute Gasteiger partial charge is 0.481 e. The summed E-state index contributed by atoms with van der Waals surface area (Å²) < 4.78 is 0. The second-order valence-corrected chi connectivity index (χ2v) is 5.60. The Bertz CT molecular complexity index is 532. The molecule has 0 bridgehead atoms. The number of thioether (sulfide) groups is 1. The molecule has 1 unspecified atom stereocenters. The van der Waals surface area contributed by atoms with Gasteiger partial charge in [-0.05, 0) is 12.1 Å². The SMILES string of the molecule is CC(CN(C)C(=O)CSc1ccc([N+](=O)[O-])cc1)C(=O)O. The van der Waals surface area contributed by atoms with Gasteiger partial charge in [0.2, 0.25) is 5.91 Å². The summed E-state index contributed by atoms with van der Waals surface area (Å²) in [5.41, 5.74) is -0.00178. The number of carbonyl (C=O) groups is 2. The molecule has 0 spiro atoms. The van der Waals surface area contributed by atoms with Crippen molar-refractivity contribution in [3.05, 3.63) is 34.4 Å². The lowest BCUT2D eigenvalue weighted by atomic mass is 10.2. The van der Waals surface area contributed by atoms with E-state index in [-0.39, 0.29) is 23.9 Å². The molecule has 1 aromatic rings. The zero-order chi connectivity index (χ0) is 16.0. The van der Waals surface area contributed by atoms with Crippen molar-refractivity contribution < 1.29 is 19.6 Å². The number of carbonyl (C=O) groups excluding carboxylic acids is 1. The number of rotatable bonds is 7. The van der Waals surface area contributed by atoms with E-state index in [9.17, 15) is 19.7 Å². The fraction of sp³-hybridized carbons (Fsp3) is 0.385. The van der Waals surface area contributed by atoms with Crippen LogP contribution in [-0.4, -0.2) is 46.2 Å². The normalized spacial score (nSPS) is 11.7. The third-order valence-corrected chi connectivity index (χ3v) is 3.80. The third-order valence-electron chi connectivity index (χ3n) is 2.80. The molecular formula is C13H16N2O5S. The van der Waals surface area contributed by atoms with Gasteiger partial charge in [0.15, 0.2) is 0 Å². The molecule has 0 heterocycles. The number of non-ortho nitro benzene ring substituents is 1. The van der Waals surface area contributed by atoms with Gasteiger partial charge in [-0.1, -0.05) is 6.92 Å². The maximum atomic E-state index is 11.9. The van der Waals surface area contributed by atoms with Crippen molar-refractivity contribution in [1.82, 2.24) is 4.90 Å². The number of aliphatic carboxylic acids is 1. The first kappa shape index (κ1) is 17.0. The maximum Gasteiger partial charge on any atom is 0.308 e. The summed E-state index contributed by atoms with van der Waals surface area (Å²) in [5.74, 6) is -1.60. The van der Waals surface area contributed by atoms with Crippen LogP contribution < -0.4 is 0 Å². The molecule has 0 aliphatic rings. The van der Waals surface area contributed by atoms with Crippen LogP contribution in [0, 0.1) is 16.0 Å². The minimum Gasteiger partial charge on any atom is -0.481 e. The number of nitrogens with zero attached hydrogens (tertiary/aromatic N) is 2. The van der Waals surface area contributed by atoms with Crippen LogP contribution >= 0.6 is 11.8 Å². The zero-order valence-corrected chi connectivity index (χ0v) is 12.5. The predicted molar refractivity (Wildman–Crippen MR) is 78.3 cm³/mol. The summed E-state index contributed by atoms with van der Waals surface area (Å²) in [4.78, 5) is 34.7. The highest BCUT2D eigenvalue weighted by Crippen LogP contribution is 2.21. The number of carboxylic acids is 1. The summed E-state index contributed by atoms with van der Waals surface area (Å²) in [6.07, 6.45) is 0. The molecule has 114 valence electrons. The first-order valence-corrected chi connectivity index (χ1v) is 7.14. The van der Waals surface area contributed by atoms with E-state index in [1.807, 2.05) is 0 Å². The van der Waals surface area contributed by atoms with Crippen molar-refractivity contribution in [2.24, 2.45) is 5.92 Å². The average Bonchev–Trinajstić information content (AvgIpc) is 2.44. The summed E-state index contributed by atoms with van der Waals surface area (Å²) in [6.45, 7) is 1.69. The maximum absolute atomic E-state index is 11.9. The summed E-state index contributed by atoms with van der Waals surface area (Å²) >= 11 is 1.25. The molecule has 0 radical (unpaired) electrons. The molecule has 0 aliphatic carbocycles. The fourth-order valence-electron chi connectivity index (χ4n) is 1.51. The van der Waals surface area contributed by atoms with Crippen molar-refractivity contribution >= 4 is 29.3 Å². The van der Waals surface area contributed by atoms with Gasteiger partial charge in [0, 0.05) is 30.6 Å². The van der Waals surface area contributed by atoms with Crippen LogP contribution in [0.2, 0.25) is 0 Å². The van der Waals surface area contributed by atoms with E-state index >= 15 is 0 Å². The number of nitro groups is 1. The number of hydrogen-bond acceptors (Lipinski definition) is 5. The average molecular weight is 312 g/mol. The fourth-order valence-corrected chi connectivity index (χ4v) is 2.35. The highest BCUT2D eigenvalue weighted by Gasteiger charge is 2.17. The molecule has 1 N–H and O–H groups in total. The molecule has 1 atom stereocenters. The zero-order valence-electron chi connectivity index (χ0n) is 11.7. The van der Waals surface area contributed by atoms with Crippen molar-refractivity contribution in [1.29, 1.82) is 0 Å². The van der Waals surface area contributed by atoms with Crippen LogP contribution in [0.1, 0.15) is 6.92 Å². The topological polar surface area (TPSA) is 101 Å². The Morgan fingerprint density at radius 3 is 2.43 bits per heavy atom. The molecule has 0 fully saturated rings. The predicted octanol–water partition coefficient (Wildman–Crippen LogP) is 1.87. The van der Waals surface area contributed by atoms with Crippen LogP contribution in [0.3, 0.4) is 0 Å². The molecular weight excluding hydrogens is 296 g/mol. The van der Waals surface area contributed by atoms with Crippen molar-refractivity contribution in [2.45, 2.75) is 11.8 Å². The van der Waals surface area contributed by atoms with E-state index in [0.29, 0.717) is 0 Å². The molecule has 1 amide bonds. The third kappa shape index (κ3) is 5.42. The number of carboxylic acid groups (broad SMARTS) is 1. The van der Waals surface area contributed by atoms with Crippen LogP contribution in [0.5, 0.6) is 0 Å². The minimum atomic E-state index is -0.947. The van der Waals surface area contributed by atoms with E-state index in [1.165, 1.54) is 35.7 Å².